The molecule has 2 atom stereocenters. The van der Waals surface area contributed by atoms with Gasteiger partial charge in [-0.2, -0.15) is 0 Å². The fourth-order valence-corrected chi connectivity index (χ4v) is 5.48. The Morgan fingerprint density at radius 2 is 1.58 bits per heavy atom. The van der Waals surface area contributed by atoms with Gasteiger partial charge in [-0.25, -0.2) is 4.79 Å². The summed E-state index contributed by atoms with van der Waals surface area (Å²) in [4.78, 5) is 51.9. The maximum absolute atomic E-state index is 13.0. The first-order chi connectivity index (χ1) is 23.0. The van der Waals surface area contributed by atoms with Crippen molar-refractivity contribution >= 4 is 34.4 Å². The molecule has 0 saturated carbocycles. The highest BCUT2D eigenvalue weighted by atomic mass is 16.7. The maximum Gasteiger partial charge on any atom is 0.336 e. The molecule has 1 aliphatic heterocycles. The van der Waals surface area contributed by atoms with E-state index in [4.69, 9.17) is 18.6 Å². The average Bonchev–Trinajstić information content (AvgIpc) is 3.05. The summed E-state index contributed by atoms with van der Waals surface area (Å²) in [6, 6.07) is 14.3. The lowest BCUT2D eigenvalue weighted by atomic mass is 9.85. The number of fused-ring (bicyclic) bond motifs is 1. The molecule has 12 heteroatoms. The largest absolute Gasteiger partial charge is 0.497 e. The van der Waals surface area contributed by atoms with Crippen LogP contribution in [0.25, 0.3) is 11.0 Å². The second kappa shape index (κ2) is 17.1. The Bertz CT molecular complexity index is 1600. The van der Waals surface area contributed by atoms with Gasteiger partial charge in [0.2, 0.25) is 17.7 Å². The predicted octanol–water partition coefficient (Wildman–Crippen LogP) is 3.85. The SMILES string of the molecule is COc1ccc(C2OCC(C)(C)C(C(=O)NCCC(=O)NCCCCCCNC(=O)Cc3cc(=O)oc4cc(N(C)C)ccc34)O2)cc1. The normalized spacial score (nSPS) is 17.0. The smallest absolute Gasteiger partial charge is 0.336 e. The van der Waals surface area contributed by atoms with Gasteiger partial charge in [0.25, 0.3) is 0 Å². The number of amides is 3. The summed E-state index contributed by atoms with van der Waals surface area (Å²) in [5, 5.41) is 9.41. The Hall–Kier alpha value is -4.42. The molecule has 1 saturated heterocycles. The quantitative estimate of drug-likeness (QED) is 0.153. The molecule has 2 unspecified atom stereocenters. The van der Waals surface area contributed by atoms with Gasteiger partial charge >= 0.3 is 5.63 Å². The summed E-state index contributed by atoms with van der Waals surface area (Å²) in [6.07, 6.45) is 2.27. The molecule has 260 valence electrons. The molecule has 4 rings (SSSR count). The van der Waals surface area contributed by atoms with Crippen molar-refractivity contribution in [2.75, 3.05) is 52.3 Å². The summed E-state index contributed by atoms with van der Waals surface area (Å²) < 4.78 is 22.5. The van der Waals surface area contributed by atoms with Crippen molar-refractivity contribution in [3.05, 3.63) is 70.1 Å². The molecule has 0 bridgehead atoms. The summed E-state index contributed by atoms with van der Waals surface area (Å²) in [6.45, 7) is 5.45. The zero-order valence-corrected chi connectivity index (χ0v) is 28.6. The standard InChI is InChI=1S/C36H48N4O8/c1-36(2)23-46-35(24-10-13-27(45-5)14-11-24)48-33(36)34(44)39-19-16-30(41)37-17-8-6-7-9-18-38-31(42)20-25-21-32(43)47-29-22-26(40(3)4)12-15-28(25)29/h10-15,21-22,33,35H,6-9,16-20,23H2,1-5H3,(H,37,41)(H,38,42)(H,39,44). The van der Waals surface area contributed by atoms with Crippen LogP contribution in [0, 0.1) is 5.41 Å². The van der Waals surface area contributed by atoms with E-state index in [9.17, 15) is 19.2 Å². The average molecular weight is 665 g/mol. The number of hydrogen-bond donors (Lipinski definition) is 3. The first-order valence-corrected chi connectivity index (χ1v) is 16.4. The highest BCUT2D eigenvalue weighted by molar-refractivity contribution is 5.88. The third-order valence-electron chi connectivity index (χ3n) is 8.28. The predicted molar refractivity (Wildman–Crippen MR) is 183 cm³/mol. The number of nitrogens with zero attached hydrogens (tertiary/aromatic N) is 1. The van der Waals surface area contributed by atoms with Crippen molar-refractivity contribution < 1.29 is 33.0 Å². The maximum atomic E-state index is 13.0. The van der Waals surface area contributed by atoms with Gasteiger partial charge < -0.3 is 39.5 Å². The molecule has 1 aliphatic rings. The number of ether oxygens (including phenoxy) is 3. The second-order valence-corrected chi connectivity index (χ2v) is 12.9. The zero-order valence-electron chi connectivity index (χ0n) is 28.6. The molecule has 2 heterocycles. The van der Waals surface area contributed by atoms with Crippen molar-refractivity contribution in [2.45, 2.75) is 64.8 Å². The summed E-state index contributed by atoms with van der Waals surface area (Å²) in [7, 11) is 5.41. The van der Waals surface area contributed by atoms with E-state index in [-0.39, 0.29) is 37.1 Å². The van der Waals surface area contributed by atoms with Crippen LogP contribution in [0.4, 0.5) is 5.69 Å². The molecule has 1 fully saturated rings. The minimum atomic E-state index is -0.734. The molecule has 3 aromatic rings. The fraction of sp³-hybridized carbons (Fsp3) is 0.500. The summed E-state index contributed by atoms with van der Waals surface area (Å²) in [5.41, 5.74) is 1.78. The first-order valence-electron chi connectivity index (χ1n) is 16.4. The van der Waals surface area contributed by atoms with Gasteiger partial charge in [-0.15, -0.1) is 0 Å². The Balaban J connectivity index is 1.07. The van der Waals surface area contributed by atoms with Gasteiger partial charge in [-0.3, -0.25) is 14.4 Å². The van der Waals surface area contributed by atoms with Crippen molar-refractivity contribution in [3.63, 3.8) is 0 Å². The molecule has 3 amide bonds. The van der Waals surface area contributed by atoms with E-state index in [0.717, 1.165) is 48.1 Å². The van der Waals surface area contributed by atoms with Crippen molar-refractivity contribution in [3.8, 4) is 5.75 Å². The molecule has 0 aliphatic carbocycles. The van der Waals surface area contributed by atoms with E-state index in [2.05, 4.69) is 16.0 Å². The molecule has 1 aromatic heterocycles. The van der Waals surface area contributed by atoms with Crippen LogP contribution in [0.5, 0.6) is 5.75 Å². The van der Waals surface area contributed by atoms with Gasteiger partial charge in [0, 0.05) is 74.3 Å². The lowest BCUT2D eigenvalue weighted by Crippen LogP contribution is -2.52. The molecule has 0 spiro atoms. The van der Waals surface area contributed by atoms with E-state index >= 15 is 0 Å². The molecular formula is C36H48N4O8. The third-order valence-corrected chi connectivity index (χ3v) is 8.28. The molecule has 2 aromatic carbocycles. The number of nitrogens with one attached hydrogen (secondary N) is 3. The van der Waals surface area contributed by atoms with E-state index in [0.29, 0.717) is 30.8 Å². The van der Waals surface area contributed by atoms with Crippen LogP contribution in [0.15, 0.2) is 57.7 Å². The minimum Gasteiger partial charge on any atom is -0.497 e. The van der Waals surface area contributed by atoms with Gasteiger partial charge in [0.15, 0.2) is 6.29 Å². The van der Waals surface area contributed by atoms with Gasteiger partial charge in [0.1, 0.15) is 17.4 Å². The molecule has 3 N–H and O–H groups in total. The second-order valence-electron chi connectivity index (χ2n) is 12.9. The topological polar surface area (TPSA) is 148 Å². The third kappa shape index (κ3) is 10.3. The molecule has 12 nitrogen and oxygen atoms in total. The minimum absolute atomic E-state index is 0.0972. The van der Waals surface area contributed by atoms with Crippen LogP contribution in [-0.2, 0) is 30.3 Å². The van der Waals surface area contributed by atoms with Crippen LogP contribution < -0.4 is 31.2 Å². The van der Waals surface area contributed by atoms with Crippen molar-refractivity contribution in [2.24, 2.45) is 5.41 Å². The Morgan fingerprint density at radius 1 is 0.896 bits per heavy atom. The summed E-state index contributed by atoms with van der Waals surface area (Å²) in [5.74, 6) is 0.159. The monoisotopic (exact) mass is 664 g/mol. The van der Waals surface area contributed by atoms with Crippen LogP contribution in [0.2, 0.25) is 0 Å². The van der Waals surface area contributed by atoms with Crippen LogP contribution in [0.1, 0.15) is 63.4 Å². The number of rotatable bonds is 16. The van der Waals surface area contributed by atoms with Crippen LogP contribution >= 0.6 is 0 Å². The van der Waals surface area contributed by atoms with E-state index < -0.39 is 23.4 Å². The van der Waals surface area contributed by atoms with Gasteiger partial charge in [-0.1, -0.05) is 38.8 Å². The Morgan fingerprint density at radius 3 is 2.25 bits per heavy atom. The van der Waals surface area contributed by atoms with Gasteiger partial charge in [-0.05, 0) is 42.7 Å². The number of carbonyl (C=O) groups is 3. The first kappa shape index (κ1) is 36.4. The highest BCUT2D eigenvalue weighted by Crippen LogP contribution is 2.37. The van der Waals surface area contributed by atoms with E-state index in [1.54, 1.807) is 13.2 Å². The number of hydrogen-bond acceptors (Lipinski definition) is 9. The molecular weight excluding hydrogens is 616 g/mol. The van der Waals surface area contributed by atoms with Crippen LogP contribution in [0.3, 0.4) is 0 Å². The number of carbonyl (C=O) groups excluding carboxylic acids is 3. The fourth-order valence-electron chi connectivity index (χ4n) is 5.48. The van der Waals surface area contributed by atoms with Crippen molar-refractivity contribution in [1.29, 1.82) is 0 Å². The number of unbranched alkanes of at least 4 members (excludes halogenated alkanes) is 3. The van der Waals surface area contributed by atoms with E-state index in [1.807, 2.05) is 69.2 Å². The lowest BCUT2D eigenvalue weighted by Gasteiger charge is -2.41. The van der Waals surface area contributed by atoms with Crippen molar-refractivity contribution in [1.82, 2.24) is 16.0 Å². The van der Waals surface area contributed by atoms with E-state index in [1.165, 1.54) is 6.07 Å². The van der Waals surface area contributed by atoms with Crippen LogP contribution in [-0.4, -0.2) is 71.3 Å². The lowest BCUT2D eigenvalue weighted by molar-refractivity contribution is -0.258. The zero-order chi connectivity index (χ0) is 34.7. The van der Waals surface area contributed by atoms with Gasteiger partial charge in [0.05, 0.1) is 20.1 Å². The highest BCUT2D eigenvalue weighted by Gasteiger charge is 2.43. The molecule has 0 radical (unpaired) electrons. The Labute approximate surface area is 281 Å². The number of benzene rings is 2. The molecule has 48 heavy (non-hydrogen) atoms. The summed E-state index contributed by atoms with van der Waals surface area (Å²) >= 11 is 0. The Kier molecular flexibility index (Phi) is 13.0. The number of anilines is 1. The number of methoxy groups -OCH3 is 1.